The summed E-state index contributed by atoms with van der Waals surface area (Å²) < 4.78 is 29.6. The molecule has 220 valence electrons. The van der Waals surface area contributed by atoms with Crippen LogP contribution in [0.5, 0.6) is 0 Å². The summed E-state index contributed by atoms with van der Waals surface area (Å²) in [6.07, 6.45) is 4.08. The Morgan fingerprint density at radius 1 is 0.829 bits per heavy atom. The molecule has 0 spiro atoms. The number of benzene rings is 3. The van der Waals surface area contributed by atoms with E-state index < -0.39 is 10.0 Å². The number of para-hydroxylation sites is 1. The van der Waals surface area contributed by atoms with Crippen LogP contribution in [0, 0.1) is 11.8 Å². The number of hydrogen-bond acceptors (Lipinski definition) is 7. The van der Waals surface area contributed by atoms with Crippen molar-refractivity contribution < 1.29 is 8.42 Å². The van der Waals surface area contributed by atoms with Crippen molar-refractivity contribution in [2.45, 2.75) is 57.9 Å². The molecule has 3 N–H and O–H groups in total. The third-order valence-corrected chi connectivity index (χ3v) is 9.22. The maximum Gasteiger partial charge on any atom is 0.241 e. The van der Waals surface area contributed by atoms with E-state index in [-0.39, 0.29) is 13.5 Å². The molecular weight excluding hydrogens is 532 g/mol. The van der Waals surface area contributed by atoms with Crippen molar-refractivity contribution in [3.63, 3.8) is 0 Å². The number of nitrogens with one attached hydrogen (secondary N) is 3. The van der Waals surface area contributed by atoms with Crippen molar-refractivity contribution in [2.75, 3.05) is 42.7 Å². The molecule has 0 saturated heterocycles. The van der Waals surface area contributed by atoms with E-state index in [0.717, 1.165) is 65.4 Å². The molecule has 1 fully saturated rings. The van der Waals surface area contributed by atoms with Gasteiger partial charge in [-0.25, -0.2) is 18.1 Å². The first-order valence-corrected chi connectivity index (χ1v) is 15.7. The van der Waals surface area contributed by atoms with Crippen LogP contribution in [-0.4, -0.2) is 51.6 Å². The van der Waals surface area contributed by atoms with Crippen molar-refractivity contribution in [2.24, 2.45) is 11.8 Å². The van der Waals surface area contributed by atoms with E-state index in [1.54, 1.807) is 6.07 Å². The van der Waals surface area contributed by atoms with Crippen LogP contribution in [0.4, 0.5) is 17.5 Å². The minimum absolute atomic E-state index is 0. The molecule has 3 aromatic carbocycles. The fourth-order valence-corrected chi connectivity index (χ4v) is 6.94. The SMILES string of the molecule is C.CC(C)Nc1nc(NCC2CCC(CNS(=O)(=O)c3cccc4c(N(C)C)cccc34)CC2)nc2ccccc12. The highest BCUT2D eigenvalue weighted by Crippen LogP contribution is 2.32. The van der Waals surface area contributed by atoms with E-state index in [9.17, 15) is 8.42 Å². The van der Waals surface area contributed by atoms with Crippen LogP contribution < -0.4 is 20.3 Å². The van der Waals surface area contributed by atoms with Crippen LogP contribution in [0.25, 0.3) is 21.7 Å². The number of sulfonamides is 1. The van der Waals surface area contributed by atoms with E-state index in [1.165, 1.54) is 0 Å². The molecule has 41 heavy (non-hydrogen) atoms. The normalized spacial score (nSPS) is 17.4. The Labute approximate surface area is 245 Å². The smallest absolute Gasteiger partial charge is 0.241 e. The highest BCUT2D eigenvalue weighted by Gasteiger charge is 2.25. The van der Waals surface area contributed by atoms with E-state index in [0.29, 0.717) is 29.2 Å². The first-order valence-electron chi connectivity index (χ1n) is 14.2. The quantitative estimate of drug-likeness (QED) is 0.198. The predicted molar refractivity (Wildman–Crippen MR) is 172 cm³/mol. The van der Waals surface area contributed by atoms with E-state index in [2.05, 4.69) is 29.2 Å². The minimum Gasteiger partial charge on any atom is -0.377 e. The monoisotopic (exact) mass is 576 g/mol. The molecule has 1 aliphatic rings. The zero-order valence-electron chi connectivity index (χ0n) is 23.8. The lowest BCUT2D eigenvalue weighted by molar-refractivity contribution is 0.284. The van der Waals surface area contributed by atoms with Gasteiger partial charge in [0.05, 0.1) is 10.4 Å². The molecule has 0 radical (unpaired) electrons. The second kappa shape index (κ2) is 13.0. The summed E-state index contributed by atoms with van der Waals surface area (Å²) >= 11 is 0. The lowest BCUT2D eigenvalue weighted by Gasteiger charge is -2.29. The van der Waals surface area contributed by atoms with E-state index >= 15 is 0 Å². The Balaban J connectivity index is 0.00000387. The standard InChI is InChI=1S/C31H40N6O2S.CH4/c1-21(2)34-30-26-9-5-6-12-27(26)35-31(36-30)32-19-22-15-17-23(18-16-22)20-33-40(38,39)29-14-8-10-24-25(29)11-7-13-28(24)37(3)4;/h5-14,21-23,33H,15-20H2,1-4H3,(H2,32,34,35,36);1H4. The second-order valence-electron chi connectivity index (χ2n) is 11.4. The lowest BCUT2D eigenvalue weighted by Crippen LogP contribution is -2.32. The molecule has 1 saturated carbocycles. The fraction of sp³-hybridized carbons (Fsp3) is 0.438. The van der Waals surface area contributed by atoms with Crippen LogP contribution in [0.15, 0.2) is 65.6 Å². The van der Waals surface area contributed by atoms with Crippen LogP contribution in [-0.2, 0) is 10.0 Å². The van der Waals surface area contributed by atoms with Crippen molar-refractivity contribution in [1.29, 1.82) is 0 Å². The Hall–Kier alpha value is -3.43. The molecule has 0 aliphatic heterocycles. The zero-order chi connectivity index (χ0) is 28.3. The van der Waals surface area contributed by atoms with Crippen LogP contribution in [0.1, 0.15) is 47.0 Å². The molecule has 0 amide bonds. The molecule has 8 nitrogen and oxygen atoms in total. The van der Waals surface area contributed by atoms with Crippen molar-refractivity contribution in [1.82, 2.24) is 14.7 Å². The molecule has 1 aliphatic carbocycles. The highest BCUT2D eigenvalue weighted by molar-refractivity contribution is 7.89. The summed E-state index contributed by atoms with van der Waals surface area (Å²) in [5.74, 6) is 2.33. The maximum atomic E-state index is 13.3. The molecule has 9 heteroatoms. The van der Waals surface area contributed by atoms with Crippen LogP contribution in [0.3, 0.4) is 0 Å². The molecular formula is C32H44N6O2S. The zero-order valence-corrected chi connectivity index (χ0v) is 24.6. The molecule has 0 bridgehead atoms. The molecule has 5 rings (SSSR count). The first kappa shape index (κ1) is 30.5. The molecule has 1 heterocycles. The van der Waals surface area contributed by atoms with Crippen molar-refractivity contribution >= 4 is 49.2 Å². The van der Waals surface area contributed by atoms with Gasteiger partial charge in [0.1, 0.15) is 5.82 Å². The highest BCUT2D eigenvalue weighted by atomic mass is 32.2. The maximum absolute atomic E-state index is 13.3. The van der Waals surface area contributed by atoms with Crippen LogP contribution in [0.2, 0.25) is 0 Å². The largest absolute Gasteiger partial charge is 0.377 e. The fourth-order valence-electron chi connectivity index (χ4n) is 5.61. The number of rotatable bonds is 10. The average Bonchev–Trinajstić information content (AvgIpc) is 2.94. The molecule has 0 unspecified atom stereocenters. The van der Waals surface area contributed by atoms with Crippen LogP contribution >= 0.6 is 0 Å². The summed E-state index contributed by atoms with van der Waals surface area (Å²) in [5, 5.41) is 9.61. The van der Waals surface area contributed by atoms with Gasteiger partial charge in [0.15, 0.2) is 0 Å². The van der Waals surface area contributed by atoms with Gasteiger partial charge in [0.2, 0.25) is 16.0 Å². The van der Waals surface area contributed by atoms with Gasteiger partial charge >= 0.3 is 0 Å². The van der Waals surface area contributed by atoms with Gasteiger partial charge in [0.25, 0.3) is 0 Å². The summed E-state index contributed by atoms with van der Waals surface area (Å²) in [6.45, 7) is 5.48. The summed E-state index contributed by atoms with van der Waals surface area (Å²) in [7, 11) is 0.314. The van der Waals surface area contributed by atoms with Gasteiger partial charge in [-0.15, -0.1) is 0 Å². The van der Waals surface area contributed by atoms with Crippen molar-refractivity contribution in [3.8, 4) is 0 Å². The summed E-state index contributed by atoms with van der Waals surface area (Å²) in [4.78, 5) is 11.8. The molecule has 4 aromatic rings. The topological polar surface area (TPSA) is 99.2 Å². The van der Waals surface area contributed by atoms with Gasteiger partial charge < -0.3 is 15.5 Å². The van der Waals surface area contributed by atoms with Gasteiger partial charge in [-0.05, 0) is 75.6 Å². The Morgan fingerprint density at radius 2 is 1.46 bits per heavy atom. The number of nitrogens with zero attached hydrogens (tertiary/aromatic N) is 3. The average molecular weight is 577 g/mol. The summed E-state index contributed by atoms with van der Waals surface area (Å²) in [5.41, 5.74) is 1.92. The third-order valence-electron chi connectivity index (χ3n) is 7.74. The lowest BCUT2D eigenvalue weighted by atomic mass is 9.82. The Kier molecular flexibility index (Phi) is 9.71. The van der Waals surface area contributed by atoms with Gasteiger partial charge in [-0.2, -0.15) is 4.98 Å². The van der Waals surface area contributed by atoms with E-state index in [1.807, 2.05) is 73.6 Å². The Morgan fingerprint density at radius 3 is 2.17 bits per heavy atom. The predicted octanol–water partition coefficient (Wildman–Crippen LogP) is 6.50. The van der Waals surface area contributed by atoms with Crippen molar-refractivity contribution in [3.05, 3.63) is 60.7 Å². The first-order chi connectivity index (χ1) is 19.2. The minimum atomic E-state index is -3.62. The number of hydrogen-bond donors (Lipinski definition) is 3. The molecule has 0 atom stereocenters. The van der Waals surface area contributed by atoms with Gasteiger partial charge in [0, 0.05) is 55.1 Å². The van der Waals surface area contributed by atoms with Gasteiger partial charge in [-0.1, -0.05) is 43.8 Å². The number of aromatic nitrogens is 2. The van der Waals surface area contributed by atoms with Gasteiger partial charge in [-0.3, -0.25) is 0 Å². The van der Waals surface area contributed by atoms with E-state index in [4.69, 9.17) is 9.97 Å². The molecule has 1 aromatic heterocycles. The third kappa shape index (κ3) is 7.08. The second-order valence-corrected chi connectivity index (χ2v) is 13.1. The number of fused-ring (bicyclic) bond motifs is 2. The Bertz CT molecular complexity index is 1580. The summed E-state index contributed by atoms with van der Waals surface area (Å²) in [6, 6.07) is 19.6. The number of anilines is 3.